The zero-order valence-corrected chi connectivity index (χ0v) is 17.8. The van der Waals surface area contributed by atoms with Crippen LogP contribution >= 0.6 is 11.3 Å². The molecule has 0 saturated heterocycles. The van der Waals surface area contributed by atoms with Gasteiger partial charge in [-0.1, -0.05) is 42.7 Å². The summed E-state index contributed by atoms with van der Waals surface area (Å²) in [5.74, 6) is 1.19. The van der Waals surface area contributed by atoms with Crippen LogP contribution in [0.15, 0.2) is 54.9 Å². The Balaban J connectivity index is 1.14. The van der Waals surface area contributed by atoms with Crippen LogP contribution in [0.3, 0.4) is 0 Å². The molecule has 1 amide bonds. The monoisotopic (exact) mass is 433 g/mol. The molecule has 8 heteroatoms. The fraction of sp³-hybridized carbons (Fsp3) is 0.304. The van der Waals surface area contributed by atoms with Crippen LogP contribution in [0.2, 0.25) is 0 Å². The molecule has 0 spiro atoms. The molecule has 0 aliphatic heterocycles. The van der Waals surface area contributed by atoms with Crippen molar-refractivity contribution in [1.29, 1.82) is 0 Å². The summed E-state index contributed by atoms with van der Waals surface area (Å²) in [6.45, 7) is -0.0266. The third-order valence-electron chi connectivity index (χ3n) is 5.63. The summed E-state index contributed by atoms with van der Waals surface area (Å²) in [6.07, 6.45) is 8.11. The minimum absolute atomic E-state index is 0.0266. The molecule has 4 aromatic rings. The number of hydrogen-bond acceptors (Lipinski definition) is 6. The van der Waals surface area contributed by atoms with Gasteiger partial charge in [0.05, 0.1) is 0 Å². The summed E-state index contributed by atoms with van der Waals surface area (Å²) in [4.78, 5) is 13.0. The van der Waals surface area contributed by atoms with Gasteiger partial charge in [0.15, 0.2) is 6.61 Å². The quantitative estimate of drug-likeness (QED) is 0.467. The second-order valence-corrected chi connectivity index (χ2v) is 8.74. The first-order chi connectivity index (χ1) is 15.2. The van der Waals surface area contributed by atoms with Crippen LogP contribution in [0, 0.1) is 0 Å². The van der Waals surface area contributed by atoms with Gasteiger partial charge in [-0.05, 0) is 60.7 Å². The molecule has 1 aliphatic carbocycles. The minimum atomic E-state index is -0.192. The Morgan fingerprint density at radius 3 is 2.58 bits per heavy atom. The van der Waals surface area contributed by atoms with Crippen molar-refractivity contribution >= 4 is 27.9 Å². The average Bonchev–Trinajstić information content (AvgIpc) is 3.42. The molecular weight excluding hydrogens is 410 g/mol. The molecule has 1 N–H and O–H groups in total. The Morgan fingerprint density at radius 2 is 1.84 bits per heavy atom. The third-order valence-corrected chi connectivity index (χ3v) is 6.59. The maximum atomic E-state index is 12.3. The van der Waals surface area contributed by atoms with Gasteiger partial charge in [-0.25, -0.2) is 0 Å². The standard InChI is InChI=1S/C23H23N5O2S/c29-21(14-30-20-12-8-17(9-13-20)16-4-2-1-3-5-16)25-19-10-6-18(7-11-19)22-27-28-15-24-26-23(28)31-22/h6-13,15-16H,1-5,14H2,(H,25,29). The lowest BCUT2D eigenvalue weighted by atomic mass is 9.84. The van der Waals surface area contributed by atoms with Gasteiger partial charge < -0.3 is 10.1 Å². The van der Waals surface area contributed by atoms with E-state index in [1.54, 1.807) is 10.8 Å². The van der Waals surface area contributed by atoms with Crippen molar-refractivity contribution in [2.75, 3.05) is 11.9 Å². The molecule has 0 radical (unpaired) electrons. The fourth-order valence-corrected chi connectivity index (χ4v) is 4.82. The van der Waals surface area contributed by atoms with Gasteiger partial charge in [-0.15, -0.1) is 10.2 Å². The van der Waals surface area contributed by atoms with Crippen LogP contribution in [0.5, 0.6) is 5.75 Å². The molecule has 2 heterocycles. The molecule has 0 atom stereocenters. The number of ether oxygens (including phenoxy) is 1. The van der Waals surface area contributed by atoms with E-state index in [0.29, 0.717) is 17.4 Å². The van der Waals surface area contributed by atoms with Crippen molar-refractivity contribution in [1.82, 2.24) is 19.8 Å². The van der Waals surface area contributed by atoms with E-state index in [1.807, 2.05) is 36.4 Å². The van der Waals surface area contributed by atoms with Crippen molar-refractivity contribution in [3.05, 3.63) is 60.4 Å². The second kappa shape index (κ2) is 8.85. The molecule has 0 bridgehead atoms. The second-order valence-electron chi connectivity index (χ2n) is 7.78. The first kappa shape index (κ1) is 19.7. The van der Waals surface area contributed by atoms with Crippen LogP contribution < -0.4 is 10.1 Å². The summed E-state index contributed by atoms with van der Waals surface area (Å²) in [6, 6.07) is 15.8. The van der Waals surface area contributed by atoms with Crippen molar-refractivity contribution in [3.63, 3.8) is 0 Å². The molecule has 1 aliphatic rings. The highest BCUT2D eigenvalue weighted by molar-refractivity contribution is 7.19. The Kier molecular flexibility index (Phi) is 5.62. The molecule has 2 aromatic carbocycles. The number of carbonyl (C=O) groups is 1. The zero-order valence-electron chi connectivity index (χ0n) is 17.0. The number of amides is 1. The van der Waals surface area contributed by atoms with E-state index in [4.69, 9.17) is 4.74 Å². The molecule has 158 valence electrons. The number of rotatable bonds is 6. The number of aromatic nitrogens is 4. The molecule has 2 aromatic heterocycles. The van der Waals surface area contributed by atoms with E-state index >= 15 is 0 Å². The summed E-state index contributed by atoms with van der Waals surface area (Å²) >= 11 is 1.46. The van der Waals surface area contributed by atoms with Gasteiger partial charge in [0.25, 0.3) is 5.91 Å². The van der Waals surface area contributed by atoms with Crippen molar-refractivity contribution in [2.24, 2.45) is 0 Å². The SMILES string of the molecule is O=C(COc1ccc(C2CCCCC2)cc1)Nc1ccc(-c2nn3cnnc3s2)cc1. The first-order valence-electron chi connectivity index (χ1n) is 10.5. The molecule has 5 rings (SSSR count). The van der Waals surface area contributed by atoms with E-state index in [-0.39, 0.29) is 12.5 Å². The van der Waals surface area contributed by atoms with Gasteiger partial charge >= 0.3 is 0 Å². The summed E-state index contributed by atoms with van der Waals surface area (Å²) < 4.78 is 7.31. The van der Waals surface area contributed by atoms with E-state index < -0.39 is 0 Å². The number of hydrogen-bond donors (Lipinski definition) is 1. The predicted molar refractivity (Wildman–Crippen MR) is 120 cm³/mol. The number of nitrogens with zero attached hydrogens (tertiary/aromatic N) is 4. The highest BCUT2D eigenvalue weighted by atomic mass is 32.1. The number of fused-ring (bicyclic) bond motifs is 1. The fourth-order valence-electron chi connectivity index (χ4n) is 3.99. The maximum absolute atomic E-state index is 12.3. The van der Waals surface area contributed by atoms with Crippen molar-refractivity contribution in [3.8, 4) is 16.3 Å². The van der Waals surface area contributed by atoms with E-state index in [1.165, 1.54) is 49.0 Å². The lowest BCUT2D eigenvalue weighted by Crippen LogP contribution is -2.20. The van der Waals surface area contributed by atoms with Gasteiger partial charge in [-0.2, -0.15) is 9.61 Å². The number of nitrogens with one attached hydrogen (secondary N) is 1. The van der Waals surface area contributed by atoms with Crippen LogP contribution in [0.4, 0.5) is 5.69 Å². The Labute approximate surface area is 184 Å². The molecule has 7 nitrogen and oxygen atoms in total. The van der Waals surface area contributed by atoms with E-state index in [0.717, 1.165) is 15.5 Å². The highest BCUT2D eigenvalue weighted by Crippen LogP contribution is 2.33. The summed E-state index contributed by atoms with van der Waals surface area (Å²) in [5, 5.41) is 16.0. The predicted octanol–water partition coefficient (Wildman–Crippen LogP) is 4.92. The number of anilines is 1. The third kappa shape index (κ3) is 4.59. The normalized spacial score (nSPS) is 14.6. The van der Waals surface area contributed by atoms with E-state index in [9.17, 15) is 4.79 Å². The molecular formula is C23H23N5O2S. The lowest BCUT2D eigenvalue weighted by Gasteiger charge is -2.22. The zero-order chi connectivity index (χ0) is 21.0. The largest absolute Gasteiger partial charge is 0.484 e. The maximum Gasteiger partial charge on any atom is 0.262 e. The van der Waals surface area contributed by atoms with Crippen LogP contribution in [0.25, 0.3) is 15.5 Å². The van der Waals surface area contributed by atoms with E-state index in [2.05, 4.69) is 32.7 Å². The van der Waals surface area contributed by atoms with Crippen molar-refractivity contribution < 1.29 is 9.53 Å². The van der Waals surface area contributed by atoms with Gasteiger partial charge in [0, 0.05) is 11.3 Å². The lowest BCUT2D eigenvalue weighted by molar-refractivity contribution is -0.118. The van der Waals surface area contributed by atoms with Crippen LogP contribution in [-0.2, 0) is 4.79 Å². The first-order valence-corrected chi connectivity index (χ1v) is 11.4. The van der Waals surface area contributed by atoms with Gasteiger partial charge in [0.2, 0.25) is 4.96 Å². The highest BCUT2D eigenvalue weighted by Gasteiger charge is 2.15. The topological polar surface area (TPSA) is 81.4 Å². The van der Waals surface area contributed by atoms with Crippen LogP contribution in [0.1, 0.15) is 43.6 Å². The molecule has 1 saturated carbocycles. The molecule has 1 fully saturated rings. The number of benzene rings is 2. The molecule has 0 unspecified atom stereocenters. The van der Waals surface area contributed by atoms with Gasteiger partial charge in [-0.3, -0.25) is 4.79 Å². The Morgan fingerprint density at radius 1 is 1.06 bits per heavy atom. The van der Waals surface area contributed by atoms with Gasteiger partial charge in [0.1, 0.15) is 17.1 Å². The average molecular weight is 434 g/mol. The summed E-state index contributed by atoms with van der Waals surface area (Å²) in [7, 11) is 0. The Bertz CT molecular complexity index is 1130. The smallest absolute Gasteiger partial charge is 0.262 e. The summed E-state index contributed by atoms with van der Waals surface area (Å²) in [5.41, 5.74) is 3.05. The molecule has 31 heavy (non-hydrogen) atoms. The van der Waals surface area contributed by atoms with Crippen molar-refractivity contribution in [2.45, 2.75) is 38.0 Å². The number of carbonyl (C=O) groups excluding carboxylic acids is 1. The Hall–Kier alpha value is -3.26. The minimum Gasteiger partial charge on any atom is -0.484 e. The van der Waals surface area contributed by atoms with Crippen LogP contribution in [-0.4, -0.2) is 32.3 Å².